The molecular formula is C22H22N2O3. The van der Waals surface area contributed by atoms with Crippen molar-refractivity contribution in [1.82, 2.24) is 0 Å². The number of benzene rings is 3. The van der Waals surface area contributed by atoms with Gasteiger partial charge in [0.15, 0.2) is 0 Å². The minimum atomic E-state index is -0.180. The van der Waals surface area contributed by atoms with Gasteiger partial charge in [-0.15, -0.1) is 0 Å². The molecule has 0 saturated carbocycles. The van der Waals surface area contributed by atoms with Crippen molar-refractivity contribution >= 4 is 23.0 Å². The number of anilines is 3. The molecule has 0 heterocycles. The van der Waals surface area contributed by atoms with Gasteiger partial charge in [0, 0.05) is 22.6 Å². The zero-order chi connectivity index (χ0) is 19.1. The van der Waals surface area contributed by atoms with Crippen molar-refractivity contribution in [2.45, 2.75) is 6.92 Å². The molecule has 1 amide bonds. The summed E-state index contributed by atoms with van der Waals surface area (Å²) < 4.78 is 10.6. The summed E-state index contributed by atoms with van der Waals surface area (Å²) in [5.74, 6) is 1.32. The molecule has 5 heteroatoms. The van der Waals surface area contributed by atoms with Crippen LogP contribution in [0.4, 0.5) is 17.1 Å². The van der Waals surface area contributed by atoms with E-state index in [4.69, 9.17) is 9.47 Å². The molecule has 0 aliphatic carbocycles. The van der Waals surface area contributed by atoms with Crippen LogP contribution in [0.15, 0.2) is 72.8 Å². The van der Waals surface area contributed by atoms with Gasteiger partial charge in [0.1, 0.15) is 11.5 Å². The molecule has 27 heavy (non-hydrogen) atoms. The van der Waals surface area contributed by atoms with Gasteiger partial charge in [-0.2, -0.15) is 0 Å². The molecule has 0 unspecified atom stereocenters. The lowest BCUT2D eigenvalue weighted by atomic mass is 10.2. The van der Waals surface area contributed by atoms with Gasteiger partial charge in [0.2, 0.25) is 0 Å². The van der Waals surface area contributed by atoms with E-state index in [0.29, 0.717) is 17.9 Å². The summed E-state index contributed by atoms with van der Waals surface area (Å²) in [6.45, 7) is 2.61. The summed E-state index contributed by atoms with van der Waals surface area (Å²) in [7, 11) is 1.58. The van der Waals surface area contributed by atoms with E-state index >= 15 is 0 Å². The number of hydrogen-bond donors (Lipinski definition) is 2. The number of methoxy groups -OCH3 is 1. The van der Waals surface area contributed by atoms with Gasteiger partial charge >= 0.3 is 0 Å². The molecule has 3 aromatic rings. The number of ether oxygens (including phenoxy) is 2. The largest absolute Gasteiger partial charge is 0.497 e. The highest BCUT2D eigenvalue weighted by atomic mass is 16.5. The standard InChI is InChI=1S/C22H22N2O3/c1-3-27-20-13-11-18(12-14-20)23-17-7-9-19(10-8-17)24-22(25)16-5-4-6-21(15-16)26-2/h4-15,23H,3H2,1-2H3,(H,24,25). The monoisotopic (exact) mass is 362 g/mol. The number of rotatable bonds is 7. The van der Waals surface area contributed by atoms with E-state index in [-0.39, 0.29) is 5.91 Å². The summed E-state index contributed by atoms with van der Waals surface area (Å²) in [6, 6.07) is 22.4. The van der Waals surface area contributed by atoms with Crippen LogP contribution in [0.1, 0.15) is 17.3 Å². The molecule has 0 radical (unpaired) electrons. The van der Waals surface area contributed by atoms with E-state index in [0.717, 1.165) is 22.8 Å². The molecule has 0 aliphatic heterocycles. The Balaban J connectivity index is 1.61. The first-order valence-corrected chi connectivity index (χ1v) is 8.73. The zero-order valence-corrected chi connectivity index (χ0v) is 15.4. The highest BCUT2D eigenvalue weighted by molar-refractivity contribution is 6.04. The first kappa shape index (κ1) is 18.3. The van der Waals surface area contributed by atoms with Gasteiger partial charge in [-0.25, -0.2) is 0 Å². The summed E-state index contributed by atoms with van der Waals surface area (Å²) in [6.07, 6.45) is 0. The average Bonchev–Trinajstić information content (AvgIpc) is 2.71. The molecular weight excluding hydrogens is 340 g/mol. The van der Waals surface area contributed by atoms with Crippen molar-refractivity contribution in [3.05, 3.63) is 78.4 Å². The van der Waals surface area contributed by atoms with Gasteiger partial charge in [0.25, 0.3) is 5.91 Å². The molecule has 138 valence electrons. The maximum Gasteiger partial charge on any atom is 0.255 e. The first-order chi connectivity index (χ1) is 13.2. The molecule has 2 N–H and O–H groups in total. The summed E-state index contributed by atoms with van der Waals surface area (Å²) >= 11 is 0. The van der Waals surface area contributed by atoms with E-state index in [1.165, 1.54) is 0 Å². The smallest absolute Gasteiger partial charge is 0.255 e. The van der Waals surface area contributed by atoms with E-state index in [2.05, 4.69) is 10.6 Å². The predicted molar refractivity (Wildman–Crippen MR) is 108 cm³/mol. The third kappa shape index (κ3) is 5.01. The topological polar surface area (TPSA) is 59.6 Å². The Labute approximate surface area is 158 Å². The summed E-state index contributed by atoms with van der Waals surface area (Å²) in [5.41, 5.74) is 3.16. The van der Waals surface area contributed by atoms with Crippen LogP contribution in [0.5, 0.6) is 11.5 Å². The second kappa shape index (κ2) is 8.76. The summed E-state index contributed by atoms with van der Waals surface area (Å²) in [4.78, 5) is 12.3. The lowest BCUT2D eigenvalue weighted by Crippen LogP contribution is -2.11. The van der Waals surface area contributed by atoms with Gasteiger partial charge in [-0.3, -0.25) is 4.79 Å². The average molecular weight is 362 g/mol. The van der Waals surface area contributed by atoms with E-state index in [9.17, 15) is 4.79 Å². The molecule has 0 spiro atoms. The van der Waals surface area contributed by atoms with Crippen molar-refractivity contribution in [2.75, 3.05) is 24.4 Å². The van der Waals surface area contributed by atoms with Crippen LogP contribution in [0.3, 0.4) is 0 Å². The normalized spacial score (nSPS) is 10.1. The maximum atomic E-state index is 12.3. The third-order valence-electron chi connectivity index (χ3n) is 3.93. The quantitative estimate of drug-likeness (QED) is 0.615. The molecule has 0 aliphatic rings. The lowest BCUT2D eigenvalue weighted by molar-refractivity contribution is 0.102. The Bertz CT molecular complexity index is 890. The van der Waals surface area contributed by atoms with Crippen LogP contribution in [-0.4, -0.2) is 19.6 Å². The molecule has 3 aromatic carbocycles. The Kier molecular flexibility index (Phi) is 5.94. The van der Waals surface area contributed by atoms with Crippen LogP contribution in [0.2, 0.25) is 0 Å². The SMILES string of the molecule is CCOc1ccc(Nc2ccc(NC(=O)c3cccc(OC)c3)cc2)cc1. The fourth-order valence-corrected chi connectivity index (χ4v) is 2.57. The zero-order valence-electron chi connectivity index (χ0n) is 15.4. The van der Waals surface area contributed by atoms with Gasteiger partial charge in [-0.1, -0.05) is 6.07 Å². The molecule has 5 nitrogen and oxygen atoms in total. The lowest BCUT2D eigenvalue weighted by Gasteiger charge is -2.10. The van der Waals surface area contributed by atoms with E-state index in [1.54, 1.807) is 31.4 Å². The van der Waals surface area contributed by atoms with Crippen LogP contribution < -0.4 is 20.1 Å². The van der Waals surface area contributed by atoms with Crippen LogP contribution in [0.25, 0.3) is 0 Å². The van der Waals surface area contributed by atoms with Crippen molar-refractivity contribution in [1.29, 1.82) is 0 Å². The van der Waals surface area contributed by atoms with Crippen molar-refractivity contribution in [2.24, 2.45) is 0 Å². The fourth-order valence-electron chi connectivity index (χ4n) is 2.57. The first-order valence-electron chi connectivity index (χ1n) is 8.73. The Morgan fingerprint density at radius 1 is 0.852 bits per heavy atom. The number of nitrogens with one attached hydrogen (secondary N) is 2. The number of amides is 1. The summed E-state index contributed by atoms with van der Waals surface area (Å²) in [5, 5.41) is 6.20. The Morgan fingerprint density at radius 2 is 1.48 bits per heavy atom. The third-order valence-corrected chi connectivity index (χ3v) is 3.93. The fraction of sp³-hybridized carbons (Fsp3) is 0.136. The van der Waals surface area contributed by atoms with Crippen LogP contribution >= 0.6 is 0 Å². The van der Waals surface area contributed by atoms with Crippen molar-refractivity contribution < 1.29 is 14.3 Å². The van der Waals surface area contributed by atoms with Gasteiger partial charge < -0.3 is 20.1 Å². The van der Waals surface area contributed by atoms with Crippen LogP contribution in [-0.2, 0) is 0 Å². The minimum absolute atomic E-state index is 0.180. The molecule has 0 atom stereocenters. The van der Waals surface area contributed by atoms with Crippen molar-refractivity contribution in [3.8, 4) is 11.5 Å². The highest BCUT2D eigenvalue weighted by Gasteiger charge is 2.07. The number of carbonyl (C=O) groups is 1. The maximum absolute atomic E-state index is 12.3. The molecule has 0 fully saturated rings. The second-order valence-electron chi connectivity index (χ2n) is 5.85. The second-order valence-corrected chi connectivity index (χ2v) is 5.85. The predicted octanol–water partition coefficient (Wildman–Crippen LogP) is 5.09. The van der Waals surface area contributed by atoms with E-state index < -0.39 is 0 Å². The number of hydrogen-bond acceptors (Lipinski definition) is 4. The molecule has 0 saturated heterocycles. The van der Waals surface area contributed by atoms with Crippen LogP contribution in [0, 0.1) is 0 Å². The molecule has 0 aromatic heterocycles. The Morgan fingerprint density at radius 3 is 2.11 bits per heavy atom. The van der Waals surface area contributed by atoms with Gasteiger partial charge in [-0.05, 0) is 73.7 Å². The Hall–Kier alpha value is -3.47. The molecule has 3 rings (SSSR count). The minimum Gasteiger partial charge on any atom is -0.497 e. The number of carbonyl (C=O) groups excluding carboxylic acids is 1. The molecule has 0 bridgehead atoms. The van der Waals surface area contributed by atoms with Crippen molar-refractivity contribution in [3.63, 3.8) is 0 Å². The van der Waals surface area contributed by atoms with Gasteiger partial charge in [0.05, 0.1) is 13.7 Å². The van der Waals surface area contributed by atoms with E-state index in [1.807, 2.05) is 55.5 Å². The highest BCUT2D eigenvalue weighted by Crippen LogP contribution is 2.22.